The average molecular weight is 212 g/mol. The Morgan fingerprint density at radius 1 is 1.57 bits per heavy atom. The molecule has 0 aromatic carbocycles. The molecular formula is C9H12N2O2S. The second-order valence-corrected chi connectivity index (χ2v) is 3.59. The first-order valence-electron chi connectivity index (χ1n) is 4.07. The van der Waals surface area contributed by atoms with Gasteiger partial charge in [-0.05, 0) is 12.1 Å². The van der Waals surface area contributed by atoms with Gasteiger partial charge in [0.1, 0.15) is 0 Å². The quantitative estimate of drug-likeness (QED) is 0.555. The Bertz CT molecular complexity index is 292. The van der Waals surface area contributed by atoms with E-state index in [-0.39, 0.29) is 5.91 Å². The van der Waals surface area contributed by atoms with E-state index in [2.05, 4.69) is 4.98 Å². The molecule has 0 saturated carbocycles. The summed E-state index contributed by atoms with van der Waals surface area (Å²) in [6.07, 6.45) is 3.40. The zero-order chi connectivity index (χ0) is 10.4. The van der Waals surface area contributed by atoms with Crippen LogP contribution in [0.5, 0.6) is 0 Å². The van der Waals surface area contributed by atoms with Crippen LogP contribution in [-0.2, 0) is 9.63 Å². The van der Waals surface area contributed by atoms with Crippen molar-refractivity contribution in [2.75, 3.05) is 19.9 Å². The lowest BCUT2D eigenvalue weighted by molar-refractivity contribution is -0.165. The third-order valence-electron chi connectivity index (χ3n) is 1.64. The van der Waals surface area contributed by atoms with Crippen molar-refractivity contribution in [1.29, 1.82) is 0 Å². The minimum absolute atomic E-state index is 0.0608. The highest BCUT2D eigenvalue weighted by Gasteiger charge is 2.07. The third kappa shape index (κ3) is 3.35. The number of pyridine rings is 1. The maximum atomic E-state index is 11.3. The standard InChI is InChI=1S/C9H12N2O2S/c1-11(13-2)9(12)7-14-8-3-5-10-6-4-8/h3-6H,7H2,1-2H3. The van der Waals surface area contributed by atoms with Gasteiger partial charge in [0.25, 0.3) is 5.91 Å². The van der Waals surface area contributed by atoms with E-state index >= 15 is 0 Å². The highest BCUT2D eigenvalue weighted by Crippen LogP contribution is 2.16. The van der Waals surface area contributed by atoms with E-state index in [1.807, 2.05) is 12.1 Å². The summed E-state index contributed by atoms with van der Waals surface area (Å²) in [6.45, 7) is 0. The fourth-order valence-electron chi connectivity index (χ4n) is 0.772. The predicted molar refractivity (Wildman–Crippen MR) is 54.7 cm³/mol. The average Bonchev–Trinajstić information content (AvgIpc) is 2.26. The van der Waals surface area contributed by atoms with Gasteiger partial charge in [0.2, 0.25) is 0 Å². The SMILES string of the molecule is CON(C)C(=O)CSc1ccncc1. The minimum atomic E-state index is -0.0608. The molecule has 4 nitrogen and oxygen atoms in total. The molecule has 0 aliphatic carbocycles. The number of rotatable bonds is 4. The molecule has 14 heavy (non-hydrogen) atoms. The largest absolute Gasteiger partial charge is 0.275 e. The lowest BCUT2D eigenvalue weighted by Crippen LogP contribution is -2.26. The van der Waals surface area contributed by atoms with Gasteiger partial charge in [-0.25, -0.2) is 5.06 Å². The molecule has 0 radical (unpaired) electrons. The first-order chi connectivity index (χ1) is 6.74. The van der Waals surface area contributed by atoms with Crippen molar-refractivity contribution in [3.63, 3.8) is 0 Å². The Labute approximate surface area is 87.2 Å². The van der Waals surface area contributed by atoms with Crippen LogP contribution in [0.25, 0.3) is 0 Å². The van der Waals surface area contributed by atoms with E-state index in [4.69, 9.17) is 4.84 Å². The molecule has 0 atom stereocenters. The summed E-state index contributed by atoms with van der Waals surface area (Å²) in [4.78, 5) is 21.0. The molecule has 0 aliphatic rings. The fraction of sp³-hybridized carbons (Fsp3) is 0.333. The summed E-state index contributed by atoms with van der Waals surface area (Å²) in [5.41, 5.74) is 0. The van der Waals surface area contributed by atoms with E-state index in [9.17, 15) is 4.79 Å². The highest BCUT2D eigenvalue weighted by molar-refractivity contribution is 8.00. The van der Waals surface area contributed by atoms with Gasteiger partial charge in [-0.15, -0.1) is 11.8 Å². The van der Waals surface area contributed by atoms with E-state index < -0.39 is 0 Å². The van der Waals surface area contributed by atoms with Gasteiger partial charge >= 0.3 is 0 Å². The second-order valence-electron chi connectivity index (χ2n) is 2.55. The van der Waals surface area contributed by atoms with Crippen LogP contribution in [0.3, 0.4) is 0 Å². The number of thioether (sulfide) groups is 1. The lowest BCUT2D eigenvalue weighted by Gasteiger charge is -2.12. The number of nitrogens with zero attached hydrogens (tertiary/aromatic N) is 2. The zero-order valence-electron chi connectivity index (χ0n) is 8.14. The van der Waals surface area contributed by atoms with Crippen LogP contribution in [0.15, 0.2) is 29.4 Å². The Hall–Kier alpha value is -1.07. The van der Waals surface area contributed by atoms with Crippen LogP contribution in [0.4, 0.5) is 0 Å². The van der Waals surface area contributed by atoms with Gasteiger partial charge in [0.15, 0.2) is 0 Å². The number of hydrogen-bond donors (Lipinski definition) is 0. The third-order valence-corrected chi connectivity index (χ3v) is 2.63. The lowest BCUT2D eigenvalue weighted by atomic mass is 10.5. The highest BCUT2D eigenvalue weighted by atomic mass is 32.2. The van der Waals surface area contributed by atoms with Crippen molar-refractivity contribution in [3.05, 3.63) is 24.5 Å². The van der Waals surface area contributed by atoms with Crippen molar-refractivity contribution < 1.29 is 9.63 Å². The van der Waals surface area contributed by atoms with Gasteiger partial charge < -0.3 is 0 Å². The van der Waals surface area contributed by atoms with Crippen LogP contribution in [-0.4, -0.2) is 35.9 Å². The molecule has 0 fully saturated rings. The number of hydroxylamine groups is 2. The molecule has 0 unspecified atom stereocenters. The first kappa shape index (κ1) is 11.0. The number of hydrogen-bond acceptors (Lipinski definition) is 4. The van der Waals surface area contributed by atoms with Crippen LogP contribution in [0, 0.1) is 0 Å². The van der Waals surface area contributed by atoms with E-state index in [0.29, 0.717) is 5.75 Å². The Morgan fingerprint density at radius 3 is 2.79 bits per heavy atom. The Balaban J connectivity index is 2.38. The van der Waals surface area contributed by atoms with Gasteiger partial charge in [0, 0.05) is 24.3 Å². The molecule has 0 saturated heterocycles. The summed E-state index contributed by atoms with van der Waals surface area (Å²) in [7, 11) is 3.06. The van der Waals surface area contributed by atoms with Crippen molar-refractivity contribution in [2.24, 2.45) is 0 Å². The number of aromatic nitrogens is 1. The smallest absolute Gasteiger partial charge is 0.256 e. The van der Waals surface area contributed by atoms with E-state index in [1.165, 1.54) is 23.9 Å². The molecule has 0 N–H and O–H groups in total. The molecule has 0 bridgehead atoms. The molecule has 0 aliphatic heterocycles. The van der Waals surface area contributed by atoms with E-state index in [1.54, 1.807) is 19.4 Å². The zero-order valence-corrected chi connectivity index (χ0v) is 8.95. The van der Waals surface area contributed by atoms with Crippen molar-refractivity contribution in [2.45, 2.75) is 4.90 Å². The van der Waals surface area contributed by atoms with Crippen LogP contribution >= 0.6 is 11.8 Å². The first-order valence-corrected chi connectivity index (χ1v) is 5.06. The van der Waals surface area contributed by atoms with Crippen LogP contribution in [0.2, 0.25) is 0 Å². The summed E-state index contributed by atoms with van der Waals surface area (Å²) in [6, 6.07) is 3.73. The van der Waals surface area contributed by atoms with E-state index in [0.717, 1.165) is 4.90 Å². The number of amides is 1. The summed E-state index contributed by atoms with van der Waals surface area (Å²) >= 11 is 1.46. The van der Waals surface area contributed by atoms with Crippen molar-refractivity contribution in [3.8, 4) is 0 Å². The fourth-order valence-corrected chi connectivity index (χ4v) is 1.56. The van der Waals surface area contributed by atoms with Crippen LogP contribution in [0.1, 0.15) is 0 Å². The molecule has 1 rings (SSSR count). The summed E-state index contributed by atoms with van der Waals surface area (Å²) in [5, 5.41) is 1.22. The topological polar surface area (TPSA) is 42.4 Å². The van der Waals surface area contributed by atoms with Crippen LogP contribution < -0.4 is 0 Å². The molecule has 1 amide bonds. The van der Waals surface area contributed by atoms with Gasteiger partial charge in [-0.3, -0.25) is 14.6 Å². The Kier molecular flexibility index (Phi) is 4.42. The molecule has 1 aromatic rings. The van der Waals surface area contributed by atoms with Gasteiger partial charge in [0.05, 0.1) is 12.9 Å². The molecule has 5 heteroatoms. The maximum absolute atomic E-state index is 11.3. The Morgan fingerprint density at radius 2 is 2.21 bits per heavy atom. The molecular weight excluding hydrogens is 200 g/mol. The maximum Gasteiger partial charge on any atom is 0.256 e. The van der Waals surface area contributed by atoms with Gasteiger partial charge in [-0.2, -0.15) is 0 Å². The van der Waals surface area contributed by atoms with Gasteiger partial charge in [-0.1, -0.05) is 0 Å². The minimum Gasteiger partial charge on any atom is -0.275 e. The summed E-state index contributed by atoms with van der Waals surface area (Å²) < 4.78 is 0. The monoisotopic (exact) mass is 212 g/mol. The number of carbonyl (C=O) groups excluding carboxylic acids is 1. The molecule has 76 valence electrons. The second kappa shape index (κ2) is 5.62. The number of carbonyl (C=O) groups is 1. The normalized spacial score (nSPS) is 9.86. The summed E-state index contributed by atoms with van der Waals surface area (Å²) in [5.74, 6) is 0.309. The van der Waals surface area contributed by atoms with Crippen molar-refractivity contribution >= 4 is 17.7 Å². The predicted octanol–water partition coefficient (Wildman–Crippen LogP) is 1.19. The molecule has 1 aromatic heterocycles. The van der Waals surface area contributed by atoms with Crippen molar-refractivity contribution in [1.82, 2.24) is 10.0 Å². The molecule has 1 heterocycles. The molecule has 0 spiro atoms.